The van der Waals surface area contributed by atoms with Crippen molar-refractivity contribution >= 4 is 15.9 Å². The first-order valence-corrected chi connectivity index (χ1v) is 7.75. The van der Waals surface area contributed by atoms with E-state index in [1.807, 2.05) is 0 Å². The van der Waals surface area contributed by atoms with Crippen molar-refractivity contribution in [3.05, 3.63) is 0 Å². The molecule has 0 spiro atoms. The maximum absolute atomic E-state index is 6.32. The lowest BCUT2D eigenvalue weighted by molar-refractivity contribution is -0.134. The molecule has 0 amide bonds. The van der Waals surface area contributed by atoms with Gasteiger partial charge < -0.3 is 4.74 Å². The van der Waals surface area contributed by atoms with Crippen LogP contribution in [0, 0.1) is 11.3 Å². The first kappa shape index (κ1) is 12.9. The molecule has 0 heterocycles. The Kier molecular flexibility index (Phi) is 4.01. The van der Waals surface area contributed by atoms with E-state index in [2.05, 4.69) is 36.7 Å². The van der Waals surface area contributed by atoms with Crippen molar-refractivity contribution in [1.29, 1.82) is 0 Å². The molecule has 2 aliphatic carbocycles. The Balaban J connectivity index is 1.82. The average molecular weight is 289 g/mol. The predicted molar refractivity (Wildman–Crippen MR) is 72.0 cm³/mol. The second kappa shape index (κ2) is 4.97. The number of hydrogen-bond donors (Lipinski definition) is 0. The van der Waals surface area contributed by atoms with Crippen molar-refractivity contribution < 1.29 is 4.74 Å². The van der Waals surface area contributed by atoms with Gasteiger partial charge in [0.1, 0.15) is 0 Å². The highest BCUT2D eigenvalue weighted by Gasteiger charge is 2.48. The zero-order valence-corrected chi connectivity index (χ0v) is 12.4. The summed E-state index contributed by atoms with van der Waals surface area (Å²) in [6, 6.07) is 0. The van der Waals surface area contributed by atoms with E-state index in [1.54, 1.807) is 0 Å². The third kappa shape index (κ3) is 2.48. The van der Waals surface area contributed by atoms with Crippen LogP contribution in [0.15, 0.2) is 0 Å². The van der Waals surface area contributed by atoms with E-state index in [4.69, 9.17) is 4.74 Å². The second-order valence-corrected chi connectivity index (χ2v) is 7.32. The number of rotatable bonds is 3. The van der Waals surface area contributed by atoms with Gasteiger partial charge in [-0.3, -0.25) is 0 Å². The van der Waals surface area contributed by atoms with Crippen molar-refractivity contribution in [2.75, 3.05) is 0 Å². The Bertz CT molecular complexity index is 239. The maximum Gasteiger partial charge on any atom is 0.0651 e. The molecule has 0 saturated heterocycles. The smallest absolute Gasteiger partial charge is 0.0651 e. The van der Waals surface area contributed by atoms with Crippen molar-refractivity contribution in [3.63, 3.8) is 0 Å². The molecule has 16 heavy (non-hydrogen) atoms. The summed E-state index contributed by atoms with van der Waals surface area (Å²) < 4.78 is 6.32. The molecule has 0 radical (unpaired) electrons. The normalized spacial score (nSPS) is 42.8. The molecule has 4 atom stereocenters. The molecular weight excluding hydrogens is 264 g/mol. The quantitative estimate of drug-likeness (QED) is 0.693. The maximum atomic E-state index is 6.32. The fourth-order valence-corrected chi connectivity index (χ4v) is 3.67. The molecular formula is C14H25BrO. The summed E-state index contributed by atoms with van der Waals surface area (Å²) in [4.78, 5) is 0.649. The topological polar surface area (TPSA) is 9.23 Å². The lowest BCUT2D eigenvalue weighted by atomic mass is 9.69. The third-order valence-electron chi connectivity index (χ3n) is 4.73. The Hall–Kier alpha value is 0.440. The Morgan fingerprint density at radius 1 is 1.25 bits per heavy atom. The Morgan fingerprint density at radius 3 is 2.56 bits per heavy atom. The Labute approximate surface area is 108 Å². The van der Waals surface area contributed by atoms with E-state index in [1.165, 1.54) is 38.5 Å². The minimum atomic E-state index is 0.332. The molecule has 0 aromatic carbocycles. The molecule has 0 bridgehead atoms. The van der Waals surface area contributed by atoms with Crippen LogP contribution in [0.25, 0.3) is 0 Å². The van der Waals surface area contributed by atoms with Crippen molar-refractivity contribution in [2.24, 2.45) is 11.3 Å². The molecule has 2 fully saturated rings. The first-order chi connectivity index (χ1) is 7.54. The fourth-order valence-electron chi connectivity index (χ4n) is 3.04. The van der Waals surface area contributed by atoms with Gasteiger partial charge in [-0.05, 0) is 25.2 Å². The zero-order chi connectivity index (χ0) is 11.8. The molecule has 2 heteroatoms. The van der Waals surface area contributed by atoms with Crippen LogP contribution in [-0.4, -0.2) is 17.0 Å². The van der Waals surface area contributed by atoms with Gasteiger partial charge in [0.15, 0.2) is 0 Å². The molecule has 2 rings (SSSR count). The highest BCUT2D eigenvalue weighted by atomic mass is 79.9. The summed E-state index contributed by atoms with van der Waals surface area (Å²) in [5, 5.41) is 0. The van der Waals surface area contributed by atoms with Crippen LogP contribution >= 0.6 is 15.9 Å². The first-order valence-electron chi connectivity index (χ1n) is 6.83. The van der Waals surface area contributed by atoms with E-state index in [-0.39, 0.29) is 0 Å². The van der Waals surface area contributed by atoms with Crippen LogP contribution in [0.1, 0.15) is 59.3 Å². The molecule has 0 aromatic heterocycles. The minimum absolute atomic E-state index is 0.332. The number of ether oxygens (including phenoxy) is 1. The standard InChI is InChI=1S/C14H25BrO/c1-4-10-6-5-7-11(8-10)16-13-9-12(15)14(13,2)3/h10-13H,4-9H2,1-3H3. The van der Waals surface area contributed by atoms with Crippen LogP contribution in [0.4, 0.5) is 0 Å². The summed E-state index contributed by atoms with van der Waals surface area (Å²) in [6.07, 6.45) is 8.93. The van der Waals surface area contributed by atoms with Gasteiger partial charge in [-0.2, -0.15) is 0 Å². The average Bonchev–Trinajstić information content (AvgIpc) is 2.29. The predicted octanol–water partition coefficient (Wildman–Crippen LogP) is 4.53. The molecule has 2 aliphatic rings. The van der Waals surface area contributed by atoms with Gasteiger partial charge in [0.05, 0.1) is 12.2 Å². The van der Waals surface area contributed by atoms with Gasteiger partial charge in [-0.25, -0.2) is 0 Å². The van der Waals surface area contributed by atoms with E-state index >= 15 is 0 Å². The Morgan fingerprint density at radius 2 is 2.00 bits per heavy atom. The largest absolute Gasteiger partial charge is 0.374 e. The van der Waals surface area contributed by atoms with Gasteiger partial charge in [0.2, 0.25) is 0 Å². The van der Waals surface area contributed by atoms with Crippen LogP contribution in [0.3, 0.4) is 0 Å². The summed E-state index contributed by atoms with van der Waals surface area (Å²) in [5.74, 6) is 0.918. The highest BCUT2D eigenvalue weighted by molar-refractivity contribution is 9.09. The summed E-state index contributed by atoms with van der Waals surface area (Å²) >= 11 is 3.73. The van der Waals surface area contributed by atoms with Crippen molar-refractivity contribution in [1.82, 2.24) is 0 Å². The molecule has 0 N–H and O–H groups in total. The van der Waals surface area contributed by atoms with E-state index < -0.39 is 0 Å². The molecule has 0 aromatic rings. The van der Waals surface area contributed by atoms with Crippen LogP contribution < -0.4 is 0 Å². The van der Waals surface area contributed by atoms with Gasteiger partial charge in [0.25, 0.3) is 0 Å². The van der Waals surface area contributed by atoms with E-state index in [0.717, 1.165) is 5.92 Å². The lowest BCUT2D eigenvalue weighted by Crippen LogP contribution is -2.53. The molecule has 1 nitrogen and oxygen atoms in total. The van der Waals surface area contributed by atoms with E-state index in [9.17, 15) is 0 Å². The molecule has 4 unspecified atom stereocenters. The number of hydrogen-bond acceptors (Lipinski definition) is 1. The van der Waals surface area contributed by atoms with Crippen molar-refractivity contribution in [3.8, 4) is 0 Å². The van der Waals surface area contributed by atoms with Crippen LogP contribution in [0.5, 0.6) is 0 Å². The lowest BCUT2D eigenvalue weighted by Gasteiger charge is -2.50. The summed E-state index contributed by atoms with van der Waals surface area (Å²) in [6.45, 7) is 6.95. The monoisotopic (exact) mass is 288 g/mol. The van der Waals surface area contributed by atoms with Gasteiger partial charge in [-0.1, -0.05) is 56.0 Å². The van der Waals surface area contributed by atoms with Gasteiger partial charge >= 0.3 is 0 Å². The summed E-state index contributed by atoms with van der Waals surface area (Å²) in [7, 11) is 0. The third-order valence-corrected chi connectivity index (χ3v) is 6.28. The van der Waals surface area contributed by atoms with Gasteiger partial charge in [-0.15, -0.1) is 0 Å². The fraction of sp³-hybridized carbons (Fsp3) is 1.00. The summed E-state index contributed by atoms with van der Waals surface area (Å²) in [5.41, 5.74) is 0.332. The van der Waals surface area contributed by atoms with E-state index in [0.29, 0.717) is 22.5 Å². The van der Waals surface area contributed by atoms with Crippen LogP contribution in [-0.2, 0) is 4.74 Å². The molecule has 2 saturated carbocycles. The minimum Gasteiger partial charge on any atom is -0.374 e. The molecule has 0 aliphatic heterocycles. The number of halogens is 1. The van der Waals surface area contributed by atoms with Crippen molar-refractivity contribution in [2.45, 2.75) is 76.3 Å². The highest BCUT2D eigenvalue weighted by Crippen LogP contribution is 2.48. The second-order valence-electron chi connectivity index (χ2n) is 6.21. The van der Waals surface area contributed by atoms with Gasteiger partial charge in [0, 0.05) is 10.2 Å². The zero-order valence-electron chi connectivity index (χ0n) is 10.8. The molecule has 94 valence electrons. The SMILES string of the molecule is CCC1CCCC(OC2CC(Br)C2(C)C)C1. The number of alkyl halides is 1. The van der Waals surface area contributed by atoms with Crippen LogP contribution in [0.2, 0.25) is 0 Å².